The molecular formula is C12H17BrO2S. The van der Waals surface area contributed by atoms with Gasteiger partial charge >= 0.3 is 0 Å². The van der Waals surface area contributed by atoms with Crippen LogP contribution in [0.3, 0.4) is 0 Å². The monoisotopic (exact) mass is 304 g/mol. The fourth-order valence-electron chi connectivity index (χ4n) is 1.51. The predicted molar refractivity (Wildman–Crippen MR) is 71.5 cm³/mol. The molecular weight excluding hydrogens is 288 g/mol. The molecule has 0 heterocycles. The van der Waals surface area contributed by atoms with Crippen LogP contribution in [-0.4, -0.2) is 19.5 Å². The van der Waals surface area contributed by atoms with E-state index in [2.05, 4.69) is 15.9 Å². The maximum atomic E-state index is 12.0. The predicted octanol–water partition coefficient (Wildman–Crippen LogP) is 3.02. The molecule has 1 rings (SSSR count). The Kier molecular flexibility index (Phi) is 4.56. The molecule has 0 unspecified atom stereocenters. The molecule has 4 heteroatoms. The highest BCUT2D eigenvalue weighted by Gasteiger charge is 2.25. The molecule has 0 saturated carbocycles. The van der Waals surface area contributed by atoms with Crippen molar-refractivity contribution in [2.75, 3.05) is 11.1 Å². The molecule has 0 aliphatic carbocycles. The Morgan fingerprint density at radius 1 is 1.19 bits per heavy atom. The topological polar surface area (TPSA) is 34.1 Å². The summed E-state index contributed by atoms with van der Waals surface area (Å²) < 4.78 is 23.9. The molecule has 16 heavy (non-hydrogen) atoms. The van der Waals surface area contributed by atoms with Crippen LogP contribution in [0.25, 0.3) is 0 Å². The van der Waals surface area contributed by atoms with Crippen molar-refractivity contribution in [2.24, 2.45) is 5.41 Å². The molecule has 2 nitrogen and oxygen atoms in total. The summed E-state index contributed by atoms with van der Waals surface area (Å²) in [5.74, 6) is 0.338. The van der Waals surface area contributed by atoms with E-state index in [-0.39, 0.29) is 16.9 Å². The highest BCUT2D eigenvalue weighted by molar-refractivity contribution is 9.09. The second-order valence-corrected chi connectivity index (χ2v) is 7.44. The van der Waals surface area contributed by atoms with Crippen LogP contribution >= 0.6 is 15.9 Å². The highest BCUT2D eigenvalue weighted by Crippen LogP contribution is 2.22. The zero-order chi connectivity index (χ0) is 12.2. The lowest BCUT2D eigenvalue weighted by Crippen LogP contribution is -2.26. The summed E-state index contributed by atoms with van der Waals surface area (Å²) in [6.07, 6.45) is 0. The van der Waals surface area contributed by atoms with E-state index in [1.54, 1.807) is 0 Å². The first-order valence-corrected chi connectivity index (χ1v) is 8.09. The molecule has 0 fully saturated rings. The van der Waals surface area contributed by atoms with Crippen LogP contribution in [0.1, 0.15) is 19.4 Å². The Labute approximate surface area is 106 Å². The van der Waals surface area contributed by atoms with Gasteiger partial charge in [-0.2, -0.15) is 0 Å². The zero-order valence-electron chi connectivity index (χ0n) is 9.61. The molecule has 0 aliphatic rings. The first-order valence-electron chi connectivity index (χ1n) is 5.15. The third-order valence-electron chi connectivity index (χ3n) is 2.20. The fourth-order valence-corrected chi connectivity index (χ4v) is 4.07. The lowest BCUT2D eigenvalue weighted by molar-refractivity contribution is 0.474. The van der Waals surface area contributed by atoms with Crippen LogP contribution in [0.15, 0.2) is 30.3 Å². The minimum atomic E-state index is -3.03. The molecule has 0 aliphatic heterocycles. The van der Waals surface area contributed by atoms with Crippen LogP contribution in [0.4, 0.5) is 0 Å². The molecule has 0 N–H and O–H groups in total. The van der Waals surface area contributed by atoms with Crippen molar-refractivity contribution in [3.8, 4) is 0 Å². The SMILES string of the molecule is CC(C)(CBr)CS(=O)(=O)Cc1ccccc1. The second-order valence-electron chi connectivity index (χ2n) is 4.82. The molecule has 0 atom stereocenters. The lowest BCUT2D eigenvalue weighted by Gasteiger charge is -2.21. The minimum Gasteiger partial charge on any atom is -0.228 e. The van der Waals surface area contributed by atoms with Gasteiger partial charge < -0.3 is 0 Å². The van der Waals surface area contributed by atoms with Crippen molar-refractivity contribution < 1.29 is 8.42 Å². The number of sulfone groups is 1. The van der Waals surface area contributed by atoms with Crippen molar-refractivity contribution in [1.29, 1.82) is 0 Å². The Bertz CT molecular complexity index is 424. The van der Waals surface area contributed by atoms with E-state index in [1.165, 1.54) is 0 Å². The number of hydrogen-bond donors (Lipinski definition) is 0. The molecule has 0 saturated heterocycles. The zero-order valence-corrected chi connectivity index (χ0v) is 12.0. The van der Waals surface area contributed by atoms with Crippen LogP contribution in [0, 0.1) is 5.41 Å². The van der Waals surface area contributed by atoms with Gasteiger partial charge in [-0.05, 0) is 11.0 Å². The summed E-state index contributed by atoms with van der Waals surface area (Å²) in [6, 6.07) is 9.30. The number of alkyl halides is 1. The Morgan fingerprint density at radius 3 is 2.25 bits per heavy atom. The van der Waals surface area contributed by atoms with E-state index in [0.717, 1.165) is 5.56 Å². The van der Waals surface area contributed by atoms with E-state index < -0.39 is 9.84 Å². The van der Waals surface area contributed by atoms with Gasteiger partial charge in [-0.15, -0.1) is 0 Å². The van der Waals surface area contributed by atoms with Crippen LogP contribution in [0.5, 0.6) is 0 Å². The van der Waals surface area contributed by atoms with E-state index in [4.69, 9.17) is 0 Å². The van der Waals surface area contributed by atoms with Gasteiger partial charge in [0.25, 0.3) is 0 Å². The molecule has 0 aromatic heterocycles. The third-order valence-corrected chi connectivity index (χ3v) is 5.71. The van der Waals surface area contributed by atoms with Gasteiger partial charge in [0.05, 0.1) is 11.5 Å². The molecule has 1 aromatic carbocycles. The summed E-state index contributed by atoms with van der Waals surface area (Å²) in [4.78, 5) is 0. The van der Waals surface area contributed by atoms with Crippen molar-refractivity contribution in [2.45, 2.75) is 19.6 Å². The Hall–Kier alpha value is -0.350. The van der Waals surface area contributed by atoms with Crippen molar-refractivity contribution in [3.63, 3.8) is 0 Å². The fraction of sp³-hybridized carbons (Fsp3) is 0.500. The highest BCUT2D eigenvalue weighted by atomic mass is 79.9. The summed E-state index contributed by atoms with van der Waals surface area (Å²) in [7, 11) is -3.03. The third kappa shape index (κ3) is 4.66. The van der Waals surface area contributed by atoms with Gasteiger partial charge in [-0.1, -0.05) is 60.1 Å². The normalized spacial score (nSPS) is 12.7. The average molecular weight is 305 g/mol. The standard InChI is InChI=1S/C12H17BrO2S/c1-12(2,9-13)10-16(14,15)8-11-6-4-3-5-7-11/h3-7H,8-10H2,1-2H3. The minimum absolute atomic E-state index is 0.129. The average Bonchev–Trinajstić information content (AvgIpc) is 2.17. The first-order chi connectivity index (χ1) is 7.35. The summed E-state index contributed by atoms with van der Waals surface area (Å²) in [6.45, 7) is 3.90. The molecule has 0 bridgehead atoms. The summed E-state index contributed by atoms with van der Waals surface area (Å²) >= 11 is 3.34. The second kappa shape index (κ2) is 5.32. The van der Waals surface area contributed by atoms with Gasteiger partial charge in [-0.3, -0.25) is 0 Å². The van der Waals surface area contributed by atoms with E-state index in [9.17, 15) is 8.42 Å². The van der Waals surface area contributed by atoms with Crippen molar-refractivity contribution in [3.05, 3.63) is 35.9 Å². The number of hydrogen-bond acceptors (Lipinski definition) is 2. The first kappa shape index (κ1) is 13.7. The van der Waals surface area contributed by atoms with E-state index in [0.29, 0.717) is 5.33 Å². The lowest BCUT2D eigenvalue weighted by atomic mass is 10.0. The van der Waals surface area contributed by atoms with Gasteiger partial charge in [0, 0.05) is 5.33 Å². The molecule has 0 spiro atoms. The summed E-state index contributed by atoms with van der Waals surface area (Å²) in [5.41, 5.74) is 0.640. The summed E-state index contributed by atoms with van der Waals surface area (Å²) in [5, 5.41) is 0.689. The quantitative estimate of drug-likeness (QED) is 0.784. The van der Waals surface area contributed by atoms with Gasteiger partial charge in [0.2, 0.25) is 0 Å². The maximum Gasteiger partial charge on any atom is 0.155 e. The van der Waals surface area contributed by atoms with Crippen LogP contribution in [-0.2, 0) is 15.6 Å². The Balaban J connectivity index is 2.74. The maximum absolute atomic E-state index is 12.0. The Morgan fingerprint density at radius 2 is 1.75 bits per heavy atom. The van der Waals surface area contributed by atoms with Gasteiger partial charge in [0.15, 0.2) is 9.84 Å². The van der Waals surface area contributed by atoms with Gasteiger partial charge in [0.1, 0.15) is 0 Å². The molecule has 90 valence electrons. The molecule has 1 aromatic rings. The van der Waals surface area contributed by atoms with Crippen molar-refractivity contribution in [1.82, 2.24) is 0 Å². The molecule has 0 amide bonds. The van der Waals surface area contributed by atoms with Crippen LogP contribution < -0.4 is 0 Å². The number of halogens is 1. The van der Waals surface area contributed by atoms with E-state index in [1.807, 2.05) is 44.2 Å². The van der Waals surface area contributed by atoms with Gasteiger partial charge in [-0.25, -0.2) is 8.42 Å². The van der Waals surface area contributed by atoms with Crippen LogP contribution in [0.2, 0.25) is 0 Å². The number of rotatable bonds is 5. The largest absolute Gasteiger partial charge is 0.228 e. The molecule has 0 radical (unpaired) electrons. The number of benzene rings is 1. The van der Waals surface area contributed by atoms with Crippen molar-refractivity contribution >= 4 is 25.8 Å². The van der Waals surface area contributed by atoms with E-state index >= 15 is 0 Å². The smallest absolute Gasteiger partial charge is 0.155 e.